The molecule has 0 fully saturated rings. The maximum absolute atomic E-state index is 12.5. The van der Waals surface area contributed by atoms with Crippen LogP contribution in [0.4, 0.5) is 0 Å². The highest BCUT2D eigenvalue weighted by atomic mass is 16.5. The summed E-state index contributed by atoms with van der Waals surface area (Å²) in [5.41, 5.74) is 3.20. The fraction of sp³-hybridized carbons (Fsp3) is 0.143. The highest BCUT2D eigenvalue weighted by molar-refractivity contribution is 5.92. The highest BCUT2D eigenvalue weighted by Gasteiger charge is 2.15. The molecule has 2 aromatic carbocycles. The summed E-state index contributed by atoms with van der Waals surface area (Å²) in [6.45, 7) is 2.28. The number of nitrogens with one attached hydrogen (secondary N) is 3. The van der Waals surface area contributed by atoms with E-state index >= 15 is 0 Å². The van der Waals surface area contributed by atoms with Crippen molar-refractivity contribution in [3.05, 3.63) is 83.8 Å². The Morgan fingerprint density at radius 3 is 2.85 bits per heavy atom. The molecule has 0 aliphatic heterocycles. The van der Waals surface area contributed by atoms with Gasteiger partial charge in [-0.15, -0.1) is 0 Å². The summed E-state index contributed by atoms with van der Waals surface area (Å²) in [5.74, 6) is 0.547. The third-order valence-corrected chi connectivity index (χ3v) is 4.43. The number of para-hydroxylation sites is 1. The molecule has 2 heterocycles. The van der Waals surface area contributed by atoms with Gasteiger partial charge >= 0.3 is 0 Å². The Balaban J connectivity index is 1.38. The number of H-pyrrole nitrogens is 2. The number of amides is 1. The molecule has 0 saturated carbocycles. The fourth-order valence-electron chi connectivity index (χ4n) is 2.92. The Morgan fingerprint density at radius 2 is 2.00 bits per heavy atom. The van der Waals surface area contributed by atoms with Gasteiger partial charge in [0, 0.05) is 11.7 Å². The minimum absolute atomic E-state index is 0.127. The van der Waals surface area contributed by atoms with Crippen LogP contribution >= 0.6 is 0 Å². The van der Waals surface area contributed by atoms with Crippen LogP contribution in [0.2, 0.25) is 0 Å². The lowest BCUT2D eigenvalue weighted by molar-refractivity contribution is 0.0935. The van der Waals surface area contributed by atoms with Crippen LogP contribution in [0, 0.1) is 0 Å². The van der Waals surface area contributed by atoms with E-state index in [0.29, 0.717) is 12.3 Å². The number of nitrogens with zero attached hydrogens (tertiary/aromatic N) is 1. The van der Waals surface area contributed by atoms with Gasteiger partial charge in [0.1, 0.15) is 18.1 Å². The average Bonchev–Trinajstić information content (AvgIpc) is 3.36. The van der Waals surface area contributed by atoms with Crippen molar-refractivity contribution in [3.8, 4) is 5.75 Å². The molecule has 6 heteroatoms. The Morgan fingerprint density at radius 1 is 1.15 bits per heavy atom. The van der Waals surface area contributed by atoms with E-state index in [2.05, 4.69) is 26.6 Å². The van der Waals surface area contributed by atoms with E-state index in [1.54, 1.807) is 6.07 Å². The zero-order valence-electron chi connectivity index (χ0n) is 14.9. The molecular formula is C21H20N4O2. The van der Waals surface area contributed by atoms with Crippen LogP contribution in [-0.2, 0) is 6.61 Å². The second-order valence-electron chi connectivity index (χ2n) is 6.40. The fourth-order valence-corrected chi connectivity index (χ4v) is 2.92. The monoisotopic (exact) mass is 360 g/mol. The third-order valence-electron chi connectivity index (χ3n) is 4.43. The second kappa shape index (κ2) is 7.37. The van der Waals surface area contributed by atoms with Gasteiger partial charge in [0.05, 0.1) is 11.7 Å². The molecule has 3 N–H and O–H groups in total. The van der Waals surface area contributed by atoms with Crippen molar-refractivity contribution in [3.63, 3.8) is 0 Å². The molecule has 0 radical (unpaired) electrons. The predicted octanol–water partition coefficient (Wildman–Crippen LogP) is 3.96. The van der Waals surface area contributed by atoms with E-state index in [0.717, 1.165) is 27.9 Å². The summed E-state index contributed by atoms with van der Waals surface area (Å²) in [6.07, 6.45) is 1.90. The molecular weight excluding hydrogens is 340 g/mol. The molecule has 2 aromatic heterocycles. The van der Waals surface area contributed by atoms with Gasteiger partial charge in [-0.2, -0.15) is 5.10 Å². The van der Waals surface area contributed by atoms with Crippen molar-refractivity contribution >= 4 is 16.8 Å². The van der Waals surface area contributed by atoms with E-state index in [9.17, 15) is 4.79 Å². The normalized spacial score (nSPS) is 12.0. The number of ether oxygens (including phenoxy) is 1. The standard InChI is InChI=1S/C21H20N4O2/c1-14(15-7-8-19-16(11-15)9-10-22-19)23-21(26)20-12-17(24-25-20)13-27-18-5-3-2-4-6-18/h2-12,14,22H,13H2,1H3,(H,23,26)(H,24,25). The van der Waals surface area contributed by atoms with Crippen LogP contribution in [0.3, 0.4) is 0 Å². The molecule has 1 amide bonds. The Kier molecular flexibility index (Phi) is 4.61. The minimum atomic E-state index is -0.223. The summed E-state index contributed by atoms with van der Waals surface area (Å²) in [7, 11) is 0. The summed E-state index contributed by atoms with van der Waals surface area (Å²) < 4.78 is 5.66. The number of benzene rings is 2. The van der Waals surface area contributed by atoms with E-state index < -0.39 is 0 Å². The number of hydrogen-bond acceptors (Lipinski definition) is 3. The average molecular weight is 360 g/mol. The van der Waals surface area contributed by atoms with Crippen molar-refractivity contribution in [2.75, 3.05) is 0 Å². The van der Waals surface area contributed by atoms with Gasteiger partial charge in [-0.05, 0) is 54.3 Å². The Bertz CT molecular complexity index is 1050. The number of carbonyl (C=O) groups is 1. The van der Waals surface area contributed by atoms with Crippen LogP contribution in [-0.4, -0.2) is 21.1 Å². The van der Waals surface area contributed by atoms with Crippen LogP contribution in [0.1, 0.15) is 34.7 Å². The number of carbonyl (C=O) groups excluding carboxylic acids is 1. The molecule has 0 bridgehead atoms. The lowest BCUT2D eigenvalue weighted by Gasteiger charge is -2.13. The molecule has 0 aliphatic carbocycles. The lowest BCUT2D eigenvalue weighted by Crippen LogP contribution is -2.26. The van der Waals surface area contributed by atoms with Gasteiger partial charge in [-0.3, -0.25) is 9.89 Å². The first-order valence-electron chi connectivity index (χ1n) is 8.79. The van der Waals surface area contributed by atoms with Crippen molar-refractivity contribution < 1.29 is 9.53 Å². The molecule has 0 aliphatic rings. The summed E-state index contributed by atoms with van der Waals surface area (Å²) in [6, 6.07) is 19.2. The van der Waals surface area contributed by atoms with Crippen LogP contribution in [0.25, 0.3) is 10.9 Å². The van der Waals surface area contributed by atoms with Gasteiger partial charge in [0.15, 0.2) is 0 Å². The number of aromatic amines is 2. The lowest BCUT2D eigenvalue weighted by atomic mass is 10.1. The number of rotatable bonds is 6. The first kappa shape index (κ1) is 16.9. The minimum Gasteiger partial charge on any atom is -0.487 e. The first-order valence-corrected chi connectivity index (χ1v) is 8.79. The maximum atomic E-state index is 12.5. The van der Waals surface area contributed by atoms with Crippen LogP contribution in [0.5, 0.6) is 5.75 Å². The molecule has 1 unspecified atom stereocenters. The molecule has 6 nitrogen and oxygen atoms in total. The molecule has 27 heavy (non-hydrogen) atoms. The van der Waals surface area contributed by atoms with Gasteiger partial charge in [-0.25, -0.2) is 0 Å². The second-order valence-corrected chi connectivity index (χ2v) is 6.40. The predicted molar refractivity (Wildman–Crippen MR) is 104 cm³/mol. The zero-order chi connectivity index (χ0) is 18.6. The number of aromatic nitrogens is 3. The smallest absolute Gasteiger partial charge is 0.272 e. The Labute approximate surface area is 156 Å². The molecule has 0 saturated heterocycles. The number of fused-ring (bicyclic) bond motifs is 1. The van der Waals surface area contributed by atoms with Crippen LogP contribution in [0.15, 0.2) is 66.9 Å². The molecule has 4 aromatic rings. The molecule has 0 spiro atoms. The summed E-state index contributed by atoms with van der Waals surface area (Å²) >= 11 is 0. The van der Waals surface area contributed by atoms with E-state index in [1.165, 1.54) is 0 Å². The zero-order valence-corrected chi connectivity index (χ0v) is 14.9. The van der Waals surface area contributed by atoms with Crippen molar-refractivity contribution in [1.82, 2.24) is 20.5 Å². The van der Waals surface area contributed by atoms with Gasteiger partial charge in [0.25, 0.3) is 5.91 Å². The van der Waals surface area contributed by atoms with Gasteiger partial charge in [0.2, 0.25) is 0 Å². The van der Waals surface area contributed by atoms with E-state index in [4.69, 9.17) is 4.74 Å². The van der Waals surface area contributed by atoms with Crippen molar-refractivity contribution in [2.45, 2.75) is 19.6 Å². The molecule has 4 rings (SSSR count). The third kappa shape index (κ3) is 3.84. The van der Waals surface area contributed by atoms with Crippen LogP contribution < -0.4 is 10.1 Å². The van der Waals surface area contributed by atoms with E-state index in [-0.39, 0.29) is 11.9 Å². The van der Waals surface area contributed by atoms with E-state index in [1.807, 2.05) is 61.7 Å². The van der Waals surface area contributed by atoms with Crippen molar-refractivity contribution in [2.24, 2.45) is 0 Å². The summed E-state index contributed by atoms with van der Waals surface area (Å²) in [5, 5.41) is 11.0. The highest BCUT2D eigenvalue weighted by Crippen LogP contribution is 2.20. The molecule has 136 valence electrons. The molecule has 1 atom stereocenters. The number of hydrogen-bond donors (Lipinski definition) is 3. The largest absolute Gasteiger partial charge is 0.487 e. The van der Waals surface area contributed by atoms with Gasteiger partial charge < -0.3 is 15.0 Å². The van der Waals surface area contributed by atoms with Crippen molar-refractivity contribution in [1.29, 1.82) is 0 Å². The first-order chi connectivity index (χ1) is 13.2. The maximum Gasteiger partial charge on any atom is 0.272 e. The quantitative estimate of drug-likeness (QED) is 0.487. The SMILES string of the molecule is CC(NC(=O)c1cc(COc2ccccc2)[nH]n1)c1ccc2[nH]ccc2c1. The van der Waals surface area contributed by atoms with Gasteiger partial charge in [-0.1, -0.05) is 24.3 Å². The Hall–Kier alpha value is -3.54. The summed E-state index contributed by atoms with van der Waals surface area (Å²) in [4.78, 5) is 15.7. The topological polar surface area (TPSA) is 82.8 Å².